The van der Waals surface area contributed by atoms with E-state index in [0.717, 1.165) is 30.9 Å². The Morgan fingerprint density at radius 1 is 1.12 bits per heavy atom. The molecule has 0 fully saturated rings. The smallest absolute Gasteiger partial charge is 0.134 e. The van der Waals surface area contributed by atoms with Crippen molar-refractivity contribution in [3.63, 3.8) is 0 Å². The topological polar surface area (TPSA) is 25.2 Å². The summed E-state index contributed by atoms with van der Waals surface area (Å²) in [6, 6.07) is 4.40. The number of aryl methyl sites for hydroxylation is 3. The fourth-order valence-electron chi connectivity index (χ4n) is 2.22. The van der Waals surface area contributed by atoms with E-state index < -0.39 is 0 Å². The molecule has 0 saturated carbocycles. The van der Waals surface area contributed by atoms with Gasteiger partial charge in [0.2, 0.25) is 0 Å². The highest BCUT2D eigenvalue weighted by atomic mass is 16.3. The van der Waals surface area contributed by atoms with Gasteiger partial charge in [0.1, 0.15) is 11.3 Å². The third kappa shape index (κ3) is 2.22. The summed E-state index contributed by atoms with van der Waals surface area (Å²) in [5.74, 6) is 1.09. The summed E-state index contributed by atoms with van der Waals surface area (Å²) in [4.78, 5) is 0. The molecule has 0 aliphatic heterocycles. The fourth-order valence-corrected chi connectivity index (χ4v) is 2.22. The average molecular weight is 231 g/mol. The summed E-state index contributed by atoms with van der Waals surface area (Å²) in [5.41, 5.74) is 5.01. The van der Waals surface area contributed by atoms with Gasteiger partial charge in [-0.15, -0.1) is 0 Å². The second-order valence-electron chi connectivity index (χ2n) is 4.57. The molecule has 2 nitrogen and oxygen atoms in total. The van der Waals surface area contributed by atoms with Crippen molar-refractivity contribution in [3.05, 3.63) is 34.6 Å². The number of fused-ring (bicyclic) bond motifs is 1. The predicted molar refractivity (Wildman–Crippen MR) is 72.4 cm³/mol. The highest BCUT2D eigenvalue weighted by molar-refractivity contribution is 5.83. The molecule has 1 aromatic carbocycles. The second kappa shape index (κ2) is 4.92. The van der Waals surface area contributed by atoms with Gasteiger partial charge >= 0.3 is 0 Å². The molecule has 1 heterocycles. The Labute approximate surface area is 103 Å². The van der Waals surface area contributed by atoms with Crippen LogP contribution in [0.5, 0.6) is 0 Å². The zero-order valence-electron chi connectivity index (χ0n) is 11.2. The molecular formula is C15H21NO. The van der Waals surface area contributed by atoms with E-state index in [-0.39, 0.29) is 0 Å². The van der Waals surface area contributed by atoms with Crippen LogP contribution in [0.25, 0.3) is 11.0 Å². The first-order valence-corrected chi connectivity index (χ1v) is 6.39. The Morgan fingerprint density at radius 2 is 1.82 bits per heavy atom. The Morgan fingerprint density at radius 3 is 2.47 bits per heavy atom. The summed E-state index contributed by atoms with van der Waals surface area (Å²) in [7, 11) is 0. The molecule has 1 N–H and O–H groups in total. The lowest BCUT2D eigenvalue weighted by Gasteiger charge is -2.01. The molecule has 92 valence electrons. The van der Waals surface area contributed by atoms with E-state index in [1.807, 2.05) is 0 Å². The van der Waals surface area contributed by atoms with Gasteiger partial charge in [-0.05, 0) is 50.1 Å². The van der Waals surface area contributed by atoms with Gasteiger partial charge in [0.05, 0.1) is 6.54 Å². The first-order chi connectivity index (χ1) is 8.17. The zero-order chi connectivity index (χ0) is 12.4. The average Bonchev–Trinajstić information content (AvgIpc) is 2.64. The summed E-state index contributed by atoms with van der Waals surface area (Å²) in [6.07, 6.45) is 1.02. The van der Waals surface area contributed by atoms with Gasteiger partial charge in [0.25, 0.3) is 0 Å². The Balaban J connectivity index is 2.54. The lowest BCUT2D eigenvalue weighted by Crippen LogP contribution is -2.12. The van der Waals surface area contributed by atoms with Crippen molar-refractivity contribution in [1.82, 2.24) is 5.32 Å². The van der Waals surface area contributed by atoms with Crippen LogP contribution in [0, 0.1) is 13.8 Å². The van der Waals surface area contributed by atoms with Gasteiger partial charge in [0.15, 0.2) is 0 Å². The van der Waals surface area contributed by atoms with Crippen LogP contribution in [0.1, 0.15) is 36.3 Å². The molecular weight excluding hydrogens is 210 g/mol. The third-order valence-electron chi connectivity index (χ3n) is 3.38. The largest absolute Gasteiger partial charge is 0.459 e. The minimum absolute atomic E-state index is 0.826. The highest BCUT2D eigenvalue weighted by Gasteiger charge is 2.13. The summed E-state index contributed by atoms with van der Waals surface area (Å²) in [5, 5.41) is 4.62. The second-order valence-corrected chi connectivity index (χ2v) is 4.57. The van der Waals surface area contributed by atoms with E-state index in [2.05, 4.69) is 45.1 Å². The lowest BCUT2D eigenvalue weighted by molar-refractivity contribution is 0.514. The highest BCUT2D eigenvalue weighted by Crippen LogP contribution is 2.29. The molecule has 0 unspecified atom stereocenters. The normalized spacial score (nSPS) is 11.3. The molecule has 0 radical (unpaired) electrons. The molecule has 0 atom stereocenters. The van der Waals surface area contributed by atoms with Gasteiger partial charge in [0, 0.05) is 10.9 Å². The van der Waals surface area contributed by atoms with Gasteiger partial charge in [-0.25, -0.2) is 0 Å². The first kappa shape index (κ1) is 12.2. The molecule has 2 rings (SSSR count). The SMILES string of the molecule is CCNCc1oc2cc(C)c(C)cc2c1CC. The number of hydrogen-bond donors (Lipinski definition) is 1. The van der Waals surface area contributed by atoms with Crippen LogP contribution >= 0.6 is 0 Å². The molecule has 1 aromatic heterocycles. The van der Waals surface area contributed by atoms with Gasteiger partial charge in [-0.2, -0.15) is 0 Å². The van der Waals surface area contributed by atoms with Crippen LogP contribution in [-0.2, 0) is 13.0 Å². The Bertz CT molecular complexity index is 525. The van der Waals surface area contributed by atoms with Crippen molar-refractivity contribution in [2.75, 3.05) is 6.54 Å². The Hall–Kier alpha value is -1.28. The van der Waals surface area contributed by atoms with Crippen LogP contribution in [0.3, 0.4) is 0 Å². The van der Waals surface area contributed by atoms with Gasteiger partial charge in [-0.3, -0.25) is 0 Å². The van der Waals surface area contributed by atoms with E-state index in [9.17, 15) is 0 Å². The van der Waals surface area contributed by atoms with Gasteiger partial charge in [-0.1, -0.05) is 13.8 Å². The monoisotopic (exact) mass is 231 g/mol. The Kier molecular flexibility index (Phi) is 3.53. The van der Waals surface area contributed by atoms with E-state index >= 15 is 0 Å². The molecule has 2 heteroatoms. The maximum Gasteiger partial charge on any atom is 0.134 e. The van der Waals surface area contributed by atoms with Crippen LogP contribution in [0.15, 0.2) is 16.5 Å². The van der Waals surface area contributed by atoms with Crippen molar-refractivity contribution < 1.29 is 4.42 Å². The number of hydrogen-bond acceptors (Lipinski definition) is 2. The molecule has 0 spiro atoms. The maximum absolute atomic E-state index is 5.97. The number of nitrogens with one attached hydrogen (secondary N) is 1. The van der Waals surface area contributed by atoms with Crippen LogP contribution < -0.4 is 5.32 Å². The van der Waals surface area contributed by atoms with E-state index in [1.54, 1.807) is 0 Å². The van der Waals surface area contributed by atoms with Crippen molar-refractivity contribution in [2.45, 2.75) is 40.7 Å². The maximum atomic E-state index is 5.97. The standard InChI is InChI=1S/C15H21NO/c1-5-12-13-7-10(3)11(4)8-14(13)17-15(12)9-16-6-2/h7-8,16H,5-6,9H2,1-4H3. The quantitative estimate of drug-likeness (QED) is 0.867. The summed E-state index contributed by atoms with van der Waals surface area (Å²) in [6.45, 7) is 10.4. The number of benzene rings is 1. The van der Waals surface area contributed by atoms with Crippen molar-refractivity contribution in [3.8, 4) is 0 Å². The van der Waals surface area contributed by atoms with Crippen molar-refractivity contribution in [2.24, 2.45) is 0 Å². The van der Waals surface area contributed by atoms with Crippen LogP contribution in [-0.4, -0.2) is 6.54 Å². The zero-order valence-corrected chi connectivity index (χ0v) is 11.2. The predicted octanol–water partition coefficient (Wildman–Crippen LogP) is 3.72. The summed E-state index contributed by atoms with van der Waals surface area (Å²) < 4.78 is 5.97. The number of furan rings is 1. The summed E-state index contributed by atoms with van der Waals surface area (Å²) >= 11 is 0. The third-order valence-corrected chi connectivity index (χ3v) is 3.38. The lowest BCUT2D eigenvalue weighted by atomic mass is 10.0. The molecule has 0 aliphatic rings. The van der Waals surface area contributed by atoms with Crippen molar-refractivity contribution in [1.29, 1.82) is 0 Å². The van der Waals surface area contributed by atoms with E-state index in [4.69, 9.17) is 4.42 Å². The molecule has 0 saturated heterocycles. The van der Waals surface area contributed by atoms with Crippen LogP contribution in [0.4, 0.5) is 0 Å². The number of rotatable bonds is 4. The first-order valence-electron chi connectivity index (χ1n) is 6.39. The molecule has 2 aromatic rings. The fraction of sp³-hybridized carbons (Fsp3) is 0.467. The van der Waals surface area contributed by atoms with E-state index in [0.29, 0.717) is 0 Å². The molecule has 0 bridgehead atoms. The van der Waals surface area contributed by atoms with Crippen LogP contribution in [0.2, 0.25) is 0 Å². The molecule has 0 aliphatic carbocycles. The molecule has 0 amide bonds. The minimum atomic E-state index is 0.826. The van der Waals surface area contributed by atoms with E-state index in [1.165, 1.54) is 22.1 Å². The minimum Gasteiger partial charge on any atom is -0.459 e. The molecule has 17 heavy (non-hydrogen) atoms. The van der Waals surface area contributed by atoms with Crippen molar-refractivity contribution >= 4 is 11.0 Å². The van der Waals surface area contributed by atoms with Gasteiger partial charge < -0.3 is 9.73 Å².